The molecular weight excluding hydrogens is 200 g/mol. The van der Waals surface area contributed by atoms with Crippen molar-refractivity contribution in [2.24, 2.45) is 0 Å². The van der Waals surface area contributed by atoms with Crippen LogP contribution in [-0.2, 0) is 5.41 Å². The second kappa shape index (κ2) is 3.62. The number of carbonyl (C=O) groups is 1. The number of phenols is 1. The van der Waals surface area contributed by atoms with Gasteiger partial charge in [0.2, 0.25) is 0 Å². The zero-order valence-electron chi connectivity index (χ0n) is 8.47. The van der Waals surface area contributed by atoms with E-state index in [1.54, 1.807) is 6.07 Å². The predicted molar refractivity (Wildman–Crippen MR) is 57.2 cm³/mol. The number of aldehydes is 1. The lowest BCUT2D eigenvalue weighted by molar-refractivity contribution is 0.112. The van der Waals surface area contributed by atoms with Crippen LogP contribution in [0.3, 0.4) is 0 Å². The SMILES string of the molecule is CC(C)(C)c1cc(C=O)cc(Cl)c1O. The highest BCUT2D eigenvalue weighted by Gasteiger charge is 2.20. The zero-order valence-corrected chi connectivity index (χ0v) is 9.22. The van der Waals surface area contributed by atoms with Crippen LogP contribution in [0.4, 0.5) is 0 Å². The number of carbonyl (C=O) groups excluding carboxylic acids is 1. The van der Waals surface area contributed by atoms with Gasteiger partial charge in [0.05, 0.1) is 5.02 Å². The zero-order chi connectivity index (χ0) is 10.9. The van der Waals surface area contributed by atoms with Gasteiger partial charge in [-0.1, -0.05) is 32.4 Å². The molecule has 0 fully saturated rings. The fraction of sp³-hybridized carbons (Fsp3) is 0.364. The van der Waals surface area contributed by atoms with E-state index in [1.165, 1.54) is 6.07 Å². The van der Waals surface area contributed by atoms with Crippen LogP contribution < -0.4 is 0 Å². The van der Waals surface area contributed by atoms with E-state index in [2.05, 4.69) is 0 Å². The standard InChI is InChI=1S/C11H13ClO2/c1-11(2,3)8-4-7(6-13)5-9(12)10(8)14/h4-6,14H,1-3H3. The van der Waals surface area contributed by atoms with Gasteiger partial charge in [-0.05, 0) is 17.5 Å². The third kappa shape index (κ3) is 2.07. The minimum atomic E-state index is -0.229. The Hall–Kier alpha value is -1.02. The van der Waals surface area contributed by atoms with Crippen LogP contribution in [0.2, 0.25) is 5.02 Å². The van der Waals surface area contributed by atoms with E-state index in [-0.39, 0.29) is 16.2 Å². The van der Waals surface area contributed by atoms with Crippen LogP contribution in [0.5, 0.6) is 5.75 Å². The van der Waals surface area contributed by atoms with Gasteiger partial charge < -0.3 is 5.11 Å². The molecule has 1 rings (SSSR count). The first-order valence-corrected chi connectivity index (χ1v) is 4.72. The summed E-state index contributed by atoms with van der Waals surface area (Å²) < 4.78 is 0. The molecule has 0 aliphatic rings. The van der Waals surface area contributed by atoms with Gasteiger partial charge in [-0.3, -0.25) is 4.79 Å². The quantitative estimate of drug-likeness (QED) is 0.727. The van der Waals surface area contributed by atoms with Gasteiger partial charge in [0.1, 0.15) is 12.0 Å². The Kier molecular flexibility index (Phi) is 2.86. The Labute approximate surface area is 88.5 Å². The summed E-state index contributed by atoms with van der Waals surface area (Å²) in [5, 5.41) is 9.93. The summed E-state index contributed by atoms with van der Waals surface area (Å²) in [6.45, 7) is 5.85. The number of benzene rings is 1. The summed E-state index contributed by atoms with van der Waals surface area (Å²) in [7, 11) is 0. The smallest absolute Gasteiger partial charge is 0.150 e. The number of hydrogen-bond acceptors (Lipinski definition) is 2. The topological polar surface area (TPSA) is 37.3 Å². The van der Waals surface area contributed by atoms with Gasteiger partial charge in [0.25, 0.3) is 0 Å². The molecule has 3 heteroatoms. The number of aromatic hydroxyl groups is 1. The Morgan fingerprint density at radius 2 is 1.93 bits per heavy atom. The van der Waals surface area contributed by atoms with E-state index in [0.717, 1.165) is 6.29 Å². The molecule has 1 aromatic carbocycles. The molecule has 0 aliphatic heterocycles. The molecule has 0 aliphatic carbocycles. The summed E-state index contributed by atoms with van der Waals surface area (Å²) in [4.78, 5) is 10.6. The molecular formula is C11H13ClO2. The highest BCUT2D eigenvalue weighted by Crippen LogP contribution is 2.36. The molecule has 0 aromatic heterocycles. The molecule has 0 saturated carbocycles. The van der Waals surface area contributed by atoms with Crippen LogP contribution in [0.25, 0.3) is 0 Å². The van der Waals surface area contributed by atoms with Crippen molar-refractivity contribution < 1.29 is 9.90 Å². The van der Waals surface area contributed by atoms with Crippen molar-refractivity contribution in [1.82, 2.24) is 0 Å². The monoisotopic (exact) mass is 212 g/mol. The lowest BCUT2D eigenvalue weighted by Crippen LogP contribution is -2.12. The summed E-state index contributed by atoms with van der Waals surface area (Å²) in [6.07, 6.45) is 0.723. The predicted octanol–water partition coefficient (Wildman–Crippen LogP) is 3.16. The van der Waals surface area contributed by atoms with E-state index in [0.29, 0.717) is 11.1 Å². The molecule has 0 amide bonds. The maximum absolute atomic E-state index is 10.6. The maximum atomic E-state index is 10.6. The van der Waals surface area contributed by atoms with Crippen molar-refractivity contribution in [3.8, 4) is 5.75 Å². The molecule has 0 spiro atoms. The number of hydrogen-bond donors (Lipinski definition) is 1. The number of rotatable bonds is 1. The average molecular weight is 213 g/mol. The van der Waals surface area contributed by atoms with Gasteiger partial charge in [0.15, 0.2) is 0 Å². The molecule has 0 atom stereocenters. The molecule has 76 valence electrons. The molecule has 0 heterocycles. The molecule has 14 heavy (non-hydrogen) atoms. The van der Waals surface area contributed by atoms with Crippen molar-refractivity contribution in [2.45, 2.75) is 26.2 Å². The highest BCUT2D eigenvalue weighted by atomic mass is 35.5. The minimum absolute atomic E-state index is 0.0600. The summed E-state index contributed by atoms with van der Waals surface area (Å²) in [5.41, 5.74) is 0.942. The molecule has 1 N–H and O–H groups in total. The second-order valence-corrected chi connectivity index (χ2v) is 4.67. The molecule has 0 saturated heterocycles. The summed E-state index contributed by atoms with van der Waals surface area (Å²) in [6, 6.07) is 3.12. The Bertz CT molecular complexity index is 364. The Morgan fingerprint density at radius 3 is 2.36 bits per heavy atom. The van der Waals surface area contributed by atoms with Gasteiger partial charge >= 0.3 is 0 Å². The fourth-order valence-electron chi connectivity index (χ4n) is 1.26. The second-order valence-electron chi connectivity index (χ2n) is 4.27. The first kappa shape index (κ1) is 11.1. The maximum Gasteiger partial charge on any atom is 0.150 e. The first-order valence-electron chi connectivity index (χ1n) is 4.34. The van der Waals surface area contributed by atoms with E-state index < -0.39 is 0 Å². The Balaban J connectivity index is 3.42. The highest BCUT2D eigenvalue weighted by molar-refractivity contribution is 6.32. The molecule has 0 bridgehead atoms. The lowest BCUT2D eigenvalue weighted by Gasteiger charge is -2.21. The van der Waals surface area contributed by atoms with Gasteiger partial charge in [-0.2, -0.15) is 0 Å². The van der Waals surface area contributed by atoms with Crippen molar-refractivity contribution in [3.05, 3.63) is 28.3 Å². The fourth-order valence-corrected chi connectivity index (χ4v) is 1.49. The first-order chi connectivity index (χ1) is 6.36. The van der Waals surface area contributed by atoms with Gasteiger partial charge in [0, 0.05) is 11.1 Å². The van der Waals surface area contributed by atoms with Crippen LogP contribution in [0, 0.1) is 0 Å². The van der Waals surface area contributed by atoms with E-state index >= 15 is 0 Å². The molecule has 2 nitrogen and oxygen atoms in total. The van der Waals surface area contributed by atoms with E-state index in [4.69, 9.17) is 11.6 Å². The average Bonchev–Trinajstić information content (AvgIpc) is 2.07. The van der Waals surface area contributed by atoms with Crippen molar-refractivity contribution in [3.63, 3.8) is 0 Å². The molecule has 1 aromatic rings. The largest absolute Gasteiger partial charge is 0.506 e. The number of halogens is 1. The van der Waals surface area contributed by atoms with Crippen molar-refractivity contribution >= 4 is 17.9 Å². The van der Waals surface area contributed by atoms with E-state index in [1.807, 2.05) is 20.8 Å². The normalized spacial score (nSPS) is 11.4. The third-order valence-corrected chi connectivity index (χ3v) is 2.32. The third-order valence-electron chi connectivity index (χ3n) is 2.03. The molecule has 0 unspecified atom stereocenters. The Morgan fingerprint density at radius 1 is 1.36 bits per heavy atom. The van der Waals surface area contributed by atoms with E-state index in [9.17, 15) is 9.90 Å². The van der Waals surface area contributed by atoms with Crippen LogP contribution in [0.1, 0.15) is 36.7 Å². The van der Waals surface area contributed by atoms with Gasteiger partial charge in [-0.25, -0.2) is 0 Å². The lowest BCUT2D eigenvalue weighted by atomic mass is 9.85. The van der Waals surface area contributed by atoms with Crippen LogP contribution >= 0.6 is 11.6 Å². The molecule has 0 radical (unpaired) electrons. The number of phenolic OH excluding ortho intramolecular Hbond substituents is 1. The van der Waals surface area contributed by atoms with Crippen molar-refractivity contribution in [1.29, 1.82) is 0 Å². The van der Waals surface area contributed by atoms with Gasteiger partial charge in [-0.15, -0.1) is 0 Å². The van der Waals surface area contributed by atoms with Crippen LogP contribution in [-0.4, -0.2) is 11.4 Å². The summed E-state index contributed by atoms with van der Waals surface area (Å²) >= 11 is 5.79. The minimum Gasteiger partial charge on any atom is -0.506 e. The van der Waals surface area contributed by atoms with Crippen LogP contribution in [0.15, 0.2) is 12.1 Å². The summed E-state index contributed by atoms with van der Waals surface area (Å²) in [5.74, 6) is 0.0600. The van der Waals surface area contributed by atoms with Crippen molar-refractivity contribution in [2.75, 3.05) is 0 Å².